The van der Waals surface area contributed by atoms with Crippen molar-refractivity contribution in [3.63, 3.8) is 0 Å². The van der Waals surface area contributed by atoms with Gasteiger partial charge in [0, 0.05) is 37.0 Å². The number of nitrogens with zero attached hydrogens (tertiary/aromatic N) is 2. The third-order valence-electron chi connectivity index (χ3n) is 4.41. The van der Waals surface area contributed by atoms with Crippen LogP contribution in [0.3, 0.4) is 0 Å². The highest BCUT2D eigenvalue weighted by Crippen LogP contribution is 2.27. The van der Waals surface area contributed by atoms with Gasteiger partial charge in [-0.2, -0.15) is 4.31 Å². The molecule has 1 N–H and O–H groups in total. The van der Waals surface area contributed by atoms with Crippen LogP contribution in [-0.2, 0) is 14.8 Å². The lowest BCUT2D eigenvalue weighted by Crippen LogP contribution is -2.53. The Bertz CT molecular complexity index is 731. The van der Waals surface area contributed by atoms with Gasteiger partial charge in [0.1, 0.15) is 4.21 Å². The minimum atomic E-state index is -3.71. The predicted molar refractivity (Wildman–Crippen MR) is 90.7 cm³/mol. The molecule has 7 nitrogen and oxygen atoms in total. The summed E-state index contributed by atoms with van der Waals surface area (Å²) in [5.41, 5.74) is -0.484. The molecule has 0 bridgehead atoms. The van der Waals surface area contributed by atoms with E-state index < -0.39 is 21.4 Å². The van der Waals surface area contributed by atoms with E-state index in [1.807, 2.05) is 20.8 Å². The highest BCUT2D eigenvalue weighted by Gasteiger charge is 2.35. The van der Waals surface area contributed by atoms with Gasteiger partial charge in [0.25, 0.3) is 10.0 Å². The Labute approximate surface area is 145 Å². The number of rotatable bonds is 5. The van der Waals surface area contributed by atoms with Crippen LogP contribution in [0.1, 0.15) is 37.6 Å². The van der Waals surface area contributed by atoms with Gasteiger partial charge >= 0.3 is 5.97 Å². The lowest BCUT2D eigenvalue weighted by molar-refractivity contribution is -0.141. The number of thiophene rings is 1. The third-order valence-corrected chi connectivity index (χ3v) is 7.72. The lowest BCUT2D eigenvalue weighted by atomic mass is 9.88. The number of carbonyl (C=O) groups excluding carboxylic acids is 1. The Kier molecular flexibility index (Phi) is 5.36. The largest absolute Gasteiger partial charge is 0.478 e. The van der Waals surface area contributed by atoms with Gasteiger partial charge < -0.3 is 10.0 Å². The SMILES string of the molecule is CCC(C)(C)C(=O)N1CCN(S(=O)(=O)c2cc(C(=O)O)cs2)CC1. The summed E-state index contributed by atoms with van der Waals surface area (Å²) in [4.78, 5) is 25.1. The number of aromatic carboxylic acids is 1. The molecule has 0 aliphatic carbocycles. The van der Waals surface area contributed by atoms with Gasteiger partial charge in [-0.3, -0.25) is 4.79 Å². The van der Waals surface area contributed by atoms with E-state index in [1.165, 1.54) is 15.8 Å². The zero-order valence-electron chi connectivity index (χ0n) is 14.0. The molecule has 1 amide bonds. The summed E-state index contributed by atoms with van der Waals surface area (Å²) in [6, 6.07) is 1.18. The minimum Gasteiger partial charge on any atom is -0.478 e. The molecule has 0 aromatic carbocycles. The second kappa shape index (κ2) is 6.81. The molecule has 9 heteroatoms. The molecule has 0 atom stereocenters. The van der Waals surface area contributed by atoms with Gasteiger partial charge in [-0.15, -0.1) is 11.3 Å². The number of hydrogen-bond donors (Lipinski definition) is 1. The Morgan fingerprint density at radius 1 is 1.25 bits per heavy atom. The van der Waals surface area contributed by atoms with E-state index in [2.05, 4.69) is 0 Å². The maximum Gasteiger partial charge on any atom is 0.336 e. The molecule has 24 heavy (non-hydrogen) atoms. The first-order chi connectivity index (χ1) is 11.1. The summed E-state index contributed by atoms with van der Waals surface area (Å²) in [6.07, 6.45) is 0.720. The Hall–Kier alpha value is -1.45. The van der Waals surface area contributed by atoms with Crippen molar-refractivity contribution in [1.29, 1.82) is 0 Å². The van der Waals surface area contributed by atoms with Gasteiger partial charge in [0.05, 0.1) is 5.56 Å². The number of carboxylic acids is 1. The van der Waals surface area contributed by atoms with Crippen molar-refractivity contribution in [1.82, 2.24) is 9.21 Å². The molecule has 0 saturated carbocycles. The van der Waals surface area contributed by atoms with Crippen molar-refractivity contribution in [3.05, 3.63) is 17.0 Å². The van der Waals surface area contributed by atoms with Gasteiger partial charge in [0.15, 0.2) is 0 Å². The Morgan fingerprint density at radius 2 is 1.83 bits per heavy atom. The molecule has 0 spiro atoms. The second-order valence-electron chi connectivity index (χ2n) is 6.39. The number of amides is 1. The van der Waals surface area contributed by atoms with Crippen molar-refractivity contribution >= 4 is 33.2 Å². The van der Waals surface area contributed by atoms with Gasteiger partial charge in [-0.05, 0) is 12.5 Å². The fourth-order valence-corrected chi connectivity index (χ4v) is 5.13. The van der Waals surface area contributed by atoms with Crippen LogP contribution in [0.2, 0.25) is 0 Å². The molecular formula is C15H22N2O5S2. The highest BCUT2D eigenvalue weighted by atomic mass is 32.2. The van der Waals surface area contributed by atoms with Crippen LogP contribution in [0.15, 0.2) is 15.7 Å². The summed E-state index contributed by atoms with van der Waals surface area (Å²) in [5, 5.41) is 10.2. The van der Waals surface area contributed by atoms with Crippen LogP contribution in [0, 0.1) is 5.41 Å². The van der Waals surface area contributed by atoms with E-state index in [1.54, 1.807) is 4.90 Å². The number of hydrogen-bond acceptors (Lipinski definition) is 5. The monoisotopic (exact) mass is 374 g/mol. The summed E-state index contributed by atoms with van der Waals surface area (Å²) in [7, 11) is -3.71. The average molecular weight is 374 g/mol. The van der Waals surface area contributed by atoms with Crippen LogP contribution in [0.25, 0.3) is 0 Å². The van der Waals surface area contributed by atoms with Crippen LogP contribution in [0.4, 0.5) is 0 Å². The van der Waals surface area contributed by atoms with Crippen LogP contribution >= 0.6 is 11.3 Å². The maximum absolute atomic E-state index is 12.6. The molecule has 2 heterocycles. The molecule has 1 aromatic rings. The van der Waals surface area contributed by atoms with E-state index >= 15 is 0 Å². The fraction of sp³-hybridized carbons (Fsp3) is 0.600. The molecule has 1 aromatic heterocycles. The number of sulfonamides is 1. The summed E-state index contributed by atoms with van der Waals surface area (Å²) in [5.74, 6) is -1.11. The number of carboxylic acid groups (broad SMARTS) is 1. The van der Waals surface area contributed by atoms with E-state index in [4.69, 9.17) is 5.11 Å². The summed E-state index contributed by atoms with van der Waals surface area (Å²) >= 11 is 0.902. The van der Waals surface area contributed by atoms with E-state index in [-0.39, 0.29) is 28.8 Å². The van der Waals surface area contributed by atoms with E-state index in [0.717, 1.165) is 17.8 Å². The molecule has 1 saturated heterocycles. The normalized spacial score (nSPS) is 17.0. The Morgan fingerprint density at radius 3 is 2.29 bits per heavy atom. The smallest absolute Gasteiger partial charge is 0.336 e. The minimum absolute atomic E-state index is 0.0218. The van der Waals surface area contributed by atoms with Gasteiger partial charge in [0.2, 0.25) is 5.91 Å². The van der Waals surface area contributed by atoms with Crippen LogP contribution in [0.5, 0.6) is 0 Å². The first-order valence-corrected chi connectivity index (χ1v) is 10.0. The number of carbonyl (C=O) groups is 2. The van der Waals surface area contributed by atoms with Crippen molar-refractivity contribution in [3.8, 4) is 0 Å². The van der Waals surface area contributed by atoms with Crippen molar-refractivity contribution in [2.75, 3.05) is 26.2 Å². The first-order valence-electron chi connectivity index (χ1n) is 7.71. The second-order valence-corrected chi connectivity index (χ2v) is 9.47. The maximum atomic E-state index is 12.6. The molecule has 1 fully saturated rings. The van der Waals surface area contributed by atoms with Crippen LogP contribution < -0.4 is 0 Å². The Balaban J connectivity index is 2.08. The standard InChI is InChI=1S/C15H22N2O5S2/c1-4-15(2,3)14(20)16-5-7-17(8-6-16)24(21,22)12-9-11(10-23-12)13(18)19/h9-10H,4-8H2,1-3H3,(H,18,19). The molecular weight excluding hydrogens is 352 g/mol. The van der Waals surface area contributed by atoms with Crippen molar-refractivity contribution in [2.45, 2.75) is 31.4 Å². The number of piperazine rings is 1. The first kappa shape index (κ1) is 18.9. The molecule has 0 unspecified atom stereocenters. The van der Waals surface area contributed by atoms with Gasteiger partial charge in [-0.1, -0.05) is 20.8 Å². The van der Waals surface area contributed by atoms with Gasteiger partial charge in [-0.25, -0.2) is 13.2 Å². The highest BCUT2D eigenvalue weighted by molar-refractivity contribution is 7.91. The molecule has 134 valence electrons. The van der Waals surface area contributed by atoms with Crippen molar-refractivity contribution in [2.24, 2.45) is 5.41 Å². The molecule has 0 radical (unpaired) electrons. The van der Waals surface area contributed by atoms with E-state index in [9.17, 15) is 18.0 Å². The van der Waals surface area contributed by atoms with E-state index in [0.29, 0.717) is 13.1 Å². The zero-order chi connectivity index (χ0) is 18.1. The lowest BCUT2D eigenvalue weighted by Gasteiger charge is -2.37. The van der Waals surface area contributed by atoms with Crippen LogP contribution in [-0.4, -0.2) is 60.8 Å². The topological polar surface area (TPSA) is 95.0 Å². The fourth-order valence-electron chi connectivity index (χ4n) is 2.40. The summed E-state index contributed by atoms with van der Waals surface area (Å²) < 4.78 is 26.5. The van der Waals surface area contributed by atoms with Crippen molar-refractivity contribution < 1.29 is 23.1 Å². The average Bonchev–Trinajstić information content (AvgIpc) is 3.05. The third kappa shape index (κ3) is 3.62. The zero-order valence-corrected chi connectivity index (χ0v) is 15.6. The molecule has 1 aliphatic rings. The molecule has 2 rings (SSSR count). The quantitative estimate of drug-likeness (QED) is 0.847. The molecule has 1 aliphatic heterocycles. The predicted octanol–water partition coefficient (Wildman–Crippen LogP) is 1.72. The summed E-state index contributed by atoms with van der Waals surface area (Å²) in [6.45, 7) is 6.85.